The van der Waals surface area contributed by atoms with Crippen molar-refractivity contribution in [3.05, 3.63) is 65.6 Å². The second-order valence-electron chi connectivity index (χ2n) is 10.8. The Balaban J connectivity index is 1.80. The maximum Gasteiger partial charge on any atom is 0.116 e. The van der Waals surface area contributed by atoms with Crippen molar-refractivity contribution in [1.82, 2.24) is 15.0 Å². The minimum Gasteiger partial charge on any atom is -0.253 e. The Kier molecular flexibility index (Phi) is 4.65. The quantitative estimate of drug-likeness (QED) is 0.266. The van der Waals surface area contributed by atoms with Gasteiger partial charge in [0, 0.05) is 26.7 Å². The topological polar surface area (TPSA) is 38.7 Å². The van der Waals surface area contributed by atoms with Crippen LogP contribution in [0.15, 0.2) is 48.8 Å². The first-order chi connectivity index (χ1) is 15.0. The van der Waals surface area contributed by atoms with E-state index in [2.05, 4.69) is 95.9 Å². The lowest BCUT2D eigenvalue weighted by Gasteiger charge is -2.22. The third kappa shape index (κ3) is 3.47. The Morgan fingerprint density at radius 1 is 0.781 bits per heavy atom. The average molecular weight is 440 g/mol. The van der Waals surface area contributed by atoms with Crippen molar-refractivity contribution in [1.29, 1.82) is 0 Å². The number of rotatable bonds is 1. The van der Waals surface area contributed by atoms with E-state index in [9.17, 15) is 0 Å². The van der Waals surface area contributed by atoms with Gasteiger partial charge >= 0.3 is 0 Å². The maximum atomic E-state index is 4.88. The maximum absolute atomic E-state index is 4.88. The summed E-state index contributed by atoms with van der Waals surface area (Å²) in [7, 11) is 0. The van der Waals surface area contributed by atoms with Crippen molar-refractivity contribution in [2.45, 2.75) is 59.3 Å². The first-order valence-electron chi connectivity index (χ1n) is 11.1. The molecule has 0 aliphatic heterocycles. The highest BCUT2D eigenvalue weighted by atomic mass is 32.1. The minimum atomic E-state index is -0.0248. The summed E-state index contributed by atoms with van der Waals surface area (Å²) in [4.78, 5) is 14.3. The number of benzene rings is 2. The van der Waals surface area contributed by atoms with Crippen molar-refractivity contribution < 1.29 is 0 Å². The molecule has 0 saturated heterocycles. The number of aryl methyl sites for hydroxylation is 1. The largest absolute Gasteiger partial charge is 0.253 e. The van der Waals surface area contributed by atoms with Crippen LogP contribution < -0.4 is 0 Å². The van der Waals surface area contributed by atoms with Gasteiger partial charge in [0.25, 0.3) is 0 Å². The van der Waals surface area contributed by atoms with E-state index in [1.165, 1.54) is 21.2 Å². The van der Waals surface area contributed by atoms with Crippen LogP contribution in [-0.2, 0) is 10.8 Å². The van der Waals surface area contributed by atoms with Crippen LogP contribution in [0.3, 0.4) is 0 Å². The van der Waals surface area contributed by atoms with Crippen LogP contribution in [-0.4, -0.2) is 15.0 Å². The Labute approximate surface area is 193 Å². The summed E-state index contributed by atoms with van der Waals surface area (Å²) >= 11 is 1.79. The van der Waals surface area contributed by atoms with E-state index in [0.29, 0.717) is 0 Å². The molecular formula is C28H29N3S. The summed E-state index contributed by atoms with van der Waals surface area (Å²) in [5.41, 5.74) is 7.97. The van der Waals surface area contributed by atoms with Crippen molar-refractivity contribution in [2.75, 3.05) is 0 Å². The normalized spacial score (nSPS) is 12.8. The molecule has 0 N–H and O–H groups in total. The third-order valence-corrected chi connectivity index (χ3v) is 7.28. The Morgan fingerprint density at radius 3 is 2.28 bits per heavy atom. The molecule has 0 bridgehead atoms. The zero-order chi connectivity index (χ0) is 22.8. The Hall–Kier alpha value is -2.85. The van der Waals surface area contributed by atoms with Gasteiger partial charge in [0.05, 0.1) is 21.4 Å². The summed E-state index contributed by atoms with van der Waals surface area (Å²) in [6, 6.07) is 15.5. The van der Waals surface area contributed by atoms with Gasteiger partial charge in [-0.2, -0.15) is 0 Å². The highest BCUT2D eigenvalue weighted by molar-refractivity contribution is 7.26. The Morgan fingerprint density at radius 2 is 1.56 bits per heavy atom. The molecule has 0 unspecified atom stereocenters. The van der Waals surface area contributed by atoms with Gasteiger partial charge in [-0.05, 0) is 53.1 Å². The molecule has 3 aromatic heterocycles. The molecule has 0 aliphatic carbocycles. The third-order valence-electron chi connectivity index (χ3n) is 6.13. The van der Waals surface area contributed by atoms with Crippen LogP contribution in [0.4, 0.5) is 0 Å². The van der Waals surface area contributed by atoms with Crippen LogP contribution in [0, 0.1) is 6.92 Å². The number of hydrogen-bond acceptors (Lipinski definition) is 4. The molecule has 2 aromatic carbocycles. The van der Waals surface area contributed by atoms with Gasteiger partial charge in [0.15, 0.2) is 0 Å². The number of fused-ring (bicyclic) bond motifs is 4. The van der Waals surface area contributed by atoms with Crippen molar-refractivity contribution >= 4 is 42.5 Å². The van der Waals surface area contributed by atoms with E-state index in [1.807, 2.05) is 0 Å². The predicted molar refractivity (Wildman–Crippen MR) is 138 cm³/mol. The van der Waals surface area contributed by atoms with Gasteiger partial charge in [0.2, 0.25) is 0 Å². The van der Waals surface area contributed by atoms with Crippen molar-refractivity contribution in [3.8, 4) is 11.3 Å². The molecule has 5 rings (SSSR count). The lowest BCUT2D eigenvalue weighted by atomic mass is 9.84. The van der Waals surface area contributed by atoms with Gasteiger partial charge in [-0.3, -0.25) is 4.98 Å². The van der Waals surface area contributed by atoms with Crippen LogP contribution in [0.2, 0.25) is 0 Å². The van der Waals surface area contributed by atoms with Crippen LogP contribution >= 0.6 is 11.3 Å². The standard InChI is InChI=1S/C28H29N3S/c1-16-8-9-17-12-18(13-21(23(17)31-16)28(5,6)7)24-26-25(30-15-29-24)20-11-10-19(27(2,3)4)14-22(20)32-26/h8-15H,1-7H3. The molecule has 3 nitrogen and oxygen atoms in total. The van der Waals surface area contributed by atoms with Gasteiger partial charge < -0.3 is 0 Å². The fourth-order valence-corrected chi connectivity index (χ4v) is 5.50. The van der Waals surface area contributed by atoms with Crippen LogP contribution in [0.5, 0.6) is 0 Å². The van der Waals surface area contributed by atoms with Crippen LogP contribution in [0.1, 0.15) is 58.4 Å². The smallest absolute Gasteiger partial charge is 0.116 e. The zero-order valence-electron chi connectivity index (χ0n) is 19.9. The Bertz CT molecular complexity index is 1500. The highest BCUT2D eigenvalue weighted by Crippen LogP contribution is 2.41. The first kappa shape index (κ1) is 21.0. The molecule has 0 radical (unpaired) electrons. The molecule has 3 heterocycles. The van der Waals surface area contributed by atoms with Crippen molar-refractivity contribution in [3.63, 3.8) is 0 Å². The number of thiophene rings is 1. The molecule has 162 valence electrons. The molecule has 0 fully saturated rings. The van der Waals surface area contributed by atoms with Crippen LogP contribution in [0.25, 0.3) is 42.5 Å². The van der Waals surface area contributed by atoms with Gasteiger partial charge in [0.1, 0.15) is 6.33 Å². The van der Waals surface area contributed by atoms with Gasteiger partial charge in [-0.15, -0.1) is 11.3 Å². The summed E-state index contributed by atoms with van der Waals surface area (Å²) in [6.07, 6.45) is 1.70. The number of pyridine rings is 1. The molecule has 4 heteroatoms. The molecule has 0 spiro atoms. The van der Waals surface area contributed by atoms with E-state index < -0.39 is 0 Å². The minimum absolute atomic E-state index is 0.0248. The van der Waals surface area contributed by atoms with E-state index in [4.69, 9.17) is 9.97 Å². The fraction of sp³-hybridized carbons (Fsp3) is 0.321. The SMILES string of the molecule is Cc1ccc2cc(-c3ncnc4c3sc3cc(C(C)(C)C)ccc34)cc(C(C)(C)C)c2n1. The highest BCUT2D eigenvalue weighted by Gasteiger charge is 2.22. The molecule has 0 amide bonds. The molecule has 32 heavy (non-hydrogen) atoms. The number of aromatic nitrogens is 3. The molecular weight excluding hydrogens is 410 g/mol. The molecule has 0 saturated carbocycles. The van der Waals surface area contributed by atoms with E-state index in [-0.39, 0.29) is 10.8 Å². The molecule has 0 aliphatic rings. The second-order valence-corrected chi connectivity index (χ2v) is 11.8. The molecule has 5 aromatic rings. The van der Waals surface area contributed by atoms with E-state index in [0.717, 1.165) is 38.1 Å². The predicted octanol–water partition coefficient (Wildman–Crippen LogP) is 7.96. The summed E-state index contributed by atoms with van der Waals surface area (Å²) < 4.78 is 2.41. The lowest BCUT2D eigenvalue weighted by molar-refractivity contribution is 0.591. The monoisotopic (exact) mass is 439 g/mol. The van der Waals surface area contributed by atoms with E-state index in [1.54, 1.807) is 17.7 Å². The zero-order valence-corrected chi connectivity index (χ0v) is 20.7. The number of hydrogen-bond donors (Lipinski definition) is 0. The van der Waals surface area contributed by atoms with E-state index >= 15 is 0 Å². The summed E-state index contributed by atoms with van der Waals surface area (Å²) in [6.45, 7) is 15.6. The number of nitrogens with zero attached hydrogens (tertiary/aromatic N) is 3. The lowest BCUT2D eigenvalue weighted by Crippen LogP contribution is -2.13. The molecule has 0 atom stereocenters. The second kappa shape index (κ2) is 7.08. The van der Waals surface area contributed by atoms with Gasteiger partial charge in [-0.25, -0.2) is 9.97 Å². The average Bonchev–Trinajstić information content (AvgIpc) is 3.09. The fourth-order valence-electron chi connectivity index (χ4n) is 4.29. The summed E-state index contributed by atoms with van der Waals surface area (Å²) in [5, 5.41) is 2.36. The van der Waals surface area contributed by atoms with Gasteiger partial charge in [-0.1, -0.05) is 59.7 Å². The summed E-state index contributed by atoms with van der Waals surface area (Å²) in [5.74, 6) is 0. The van der Waals surface area contributed by atoms with Crippen molar-refractivity contribution in [2.24, 2.45) is 0 Å². The first-order valence-corrected chi connectivity index (χ1v) is 11.9.